The molecule has 4 aromatic carbocycles. The minimum absolute atomic E-state index is 0.102. The second kappa shape index (κ2) is 14.2. The van der Waals surface area contributed by atoms with Crippen LogP contribution in [-0.2, 0) is 24.3 Å². The van der Waals surface area contributed by atoms with E-state index in [1.165, 1.54) is 7.11 Å². The van der Waals surface area contributed by atoms with Crippen LogP contribution in [0.15, 0.2) is 103 Å². The van der Waals surface area contributed by atoms with E-state index in [0.29, 0.717) is 24.3 Å². The average Bonchev–Trinajstić information content (AvgIpc) is 2.98. The molecule has 40 heavy (non-hydrogen) atoms. The van der Waals surface area contributed by atoms with Gasteiger partial charge >= 0.3 is 6.09 Å². The summed E-state index contributed by atoms with van der Waals surface area (Å²) >= 11 is 0. The Morgan fingerprint density at radius 3 is 2.25 bits per heavy atom. The minimum Gasteiger partial charge on any atom is -0.508 e. The van der Waals surface area contributed by atoms with Crippen LogP contribution in [-0.4, -0.2) is 40.9 Å². The molecule has 0 aliphatic rings. The highest BCUT2D eigenvalue weighted by Gasteiger charge is 2.21. The van der Waals surface area contributed by atoms with Crippen molar-refractivity contribution in [2.45, 2.75) is 38.6 Å². The maximum absolute atomic E-state index is 12.1. The summed E-state index contributed by atoms with van der Waals surface area (Å²) in [5, 5.41) is 23.8. The molecular formula is C33H36N2O5. The number of aromatic hydroxyl groups is 1. The molecule has 1 amide bonds. The monoisotopic (exact) mass is 540 g/mol. The minimum atomic E-state index is -0.812. The van der Waals surface area contributed by atoms with E-state index in [2.05, 4.69) is 29.3 Å². The van der Waals surface area contributed by atoms with Gasteiger partial charge in [0.1, 0.15) is 18.1 Å². The number of benzene rings is 4. The number of hydrogen-bond donors (Lipinski definition) is 3. The highest BCUT2D eigenvalue weighted by atomic mass is 16.5. The molecule has 0 unspecified atom stereocenters. The number of carbonyl (C=O) groups excluding carboxylic acids is 1. The van der Waals surface area contributed by atoms with Crippen molar-refractivity contribution in [3.05, 3.63) is 125 Å². The Kier molecular flexibility index (Phi) is 10.2. The van der Waals surface area contributed by atoms with Crippen LogP contribution >= 0.6 is 0 Å². The molecule has 0 aliphatic carbocycles. The van der Waals surface area contributed by atoms with Gasteiger partial charge in [-0.05, 0) is 60.4 Å². The van der Waals surface area contributed by atoms with Gasteiger partial charge in [0, 0.05) is 24.7 Å². The zero-order valence-corrected chi connectivity index (χ0v) is 22.9. The summed E-state index contributed by atoms with van der Waals surface area (Å²) in [6, 6.07) is 32.4. The highest BCUT2D eigenvalue weighted by Crippen LogP contribution is 2.26. The third kappa shape index (κ3) is 8.33. The predicted molar refractivity (Wildman–Crippen MR) is 156 cm³/mol. The lowest BCUT2D eigenvalue weighted by Gasteiger charge is -2.31. The zero-order valence-electron chi connectivity index (χ0n) is 22.9. The molecule has 0 saturated carbocycles. The zero-order chi connectivity index (χ0) is 28.3. The molecule has 7 nitrogen and oxygen atoms in total. The first-order valence-corrected chi connectivity index (χ1v) is 13.3. The summed E-state index contributed by atoms with van der Waals surface area (Å²) in [6.45, 7) is 3.42. The van der Waals surface area contributed by atoms with Crippen molar-refractivity contribution in [3.8, 4) is 11.5 Å². The molecule has 0 bridgehead atoms. The van der Waals surface area contributed by atoms with E-state index < -0.39 is 12.2 Å². The number of aliphatic hydroxyl groups excluding tert-OH is 1. The lowest BCUT2D eigenvalue weighted by atomic mass is 10.0. The fourth-order valence-electron chi connectivity index (χ4n) is 4.53. The Morgan fingerprint density at radius 2 is 1.57 bits per heavy atom. The number of hydrogen-bond acceptors (Lipinski definition) is 6. The van der Waals surface area contributed by atoms with E-state index in [-0.39, 0.29) is 18.4 Å². The van der Waals surface area contributed by atoms with Gasteiger partial charge in [0.05, 0.1) is 18.9 Å². The van der Waals surface area contributed by atoms with Crippen LogP contribution in [0.5, 0.6) is 11.5 Å². The van der Waals surface area contributed by atoms with Gasteiger partial charge in [-0.2, -0.15) is 0 Å². The van der Waals surface area contributed by atoms with E-state index in [1.807, 2.05) is 72.8 Å². The number of phenols is 1. The van der Waals surface area contributed by atoms with Gasteiger partial charge in [-0.25, -0.2) is 4.79 Å². The molecule has 0 fully saturated rings. The third-order valence-electron chi connectivity index (χ3n) is 6.81. The molecular weight excluding hydrogens is 504 g/mol. The molecule has 2 atom stereocenters. The van der Waals surface area contributed by atoms with E-state index in [0.717, 1.165) is 28.9 Å². The number of phenolic OH excluding ortho intramolecular Hbond substituents is 1. The van der Waals surface area contributed by atoms with Crippen LogP contribution in [0.25, 0.3) is 0 Å². The topological polar surface area (TPSA) is 91.3 Å². The van der Waals surface area contributed by atoms with Gasteiger partial charge < -0.3 is 19.7 Å². The number of ether oxygens (including phenoxy) is 2. The molecule has 4 rings (SSSR count). The second-order valence-electron chi connectivity index (χ2n) is 9.79. The van der Waals surface area contributed by atoms with Crippen molar-refractivity contribution < 1.29 is 24.5 Å². The fourth-order valence-corrected chi connectivity index (χ4v) is 4.53. The van der Waals surface area contributed by atoms with Gasteiger partial charge in [0.25, 0.3) is 0 Å². The Balaban J connectivity index is 1.53. The Hall–Kier alpha value is -4.33. The normalized spacial score (nSPS) is 12.5. The number of nitrogens with one attached hydrogen (secondary N) is 1. The molecule has 3 N–H and O–H groups in total. The van der Waals surface area contributed by atoms with Crippen LogP contribution in [0.2, 0.25) is 0 Å². The van der Waals surface area contributed by atoms with Crippen LogP contribution in [0.3, 0.4) is 0 Å². The van der Waals surface area contributed by atoms with E-state index in [4.69, 9.17) is 9.47 Å². The van der Waals surface area contributed by atoms with Crippen molar-refractivity contribution in [1.29, 1.82) is 0 Å². The molecule has 0 aromatic heterocycles. The molecule has 0 radical (unpaired) electrons. The number of para-hydroxylation sites is 1. The highest BCUT2D eigenvalue weighted by molar-refractivity contribution is 5.85. The first-order chi connectivity index (χ1) is 19.4. The lowest BCUT2D eigenvalue weighted by Crippen LogP contribution is -2.37. The largest absolute Gasteiger partial charge is 0.508 e. The predicted octanol–water partition coefficient (Wildman–Crippen LogP) is 6.32. The van der Waals surface area contributed by atoms with Crippen molar-refractivity contribution in [2.24, 2.45) is 0 Å². The molecule has 0 spiro atoms. The number of anilines is 1. The van der Waals surface area contributed by atoms with Gasteiger partial charge in [0.15, 0.2) is 0 Å². The molecule has 0 heterocycles. The molecule has 208 valence electrons. The molecule has 7 heteroatoms. The van der Waals surface area contributed by atoms with Gasteiger partial charge in [-0.3, -0.25) is 10.2 Å². The summed E-state index contributed by atoms with van der Waals surface area (Å²) in [7, 11) is 1.31. The summed E-state index contributed by atoms with van der Waals surface area (Å²) < 4.78 is 10.7. The fraction of sp³-hybridized carbons (Fsp3) is 0.242. The Morgan fingerprint density at radius 1 is 0.900 bits per heavy atom. The maximum atomic E-state index is 12.1. The van der Waals surface area contributed by atoms with E-state index in [9.17, 15) is 15.0 Å². The van der Waals surface area contributed by atoms with Gasteiger partial charge in [0.2, 0.25) is 0 Å². The summed E-state index contributed by atoms with van der Waals surface area (Å²) in [5.74, 6) is 0.955. The Bertz CT molecular complexity index is 1350. The average molecular weight is 541 g/mol. The molecule has 0 aliphatic heterocycles. The van der Waals surface area contributed by atoms with Crippen molar-refractivity contribution in [1.82, 2.24) is 4.90 Å². The first-order valence-electron chi connectivity index (χ1n) is 13.3. The number of methoxy groups -OCH3 is 1. The first kappa shape index (κ1) is 28.7. The van der Waals surface area contributed by atoms with E-state index in [1.54, 1.807) is 18.2 Å². The smallest absolute Gasteiger partial charge is 0.411 e. The van der Waals surface area contributed by atoms with Crippen LogP contribution in [0.4, 0.5) is 10.5 Å². The van der Waals surface area contributed by atoms with Gasteiger partial charge in [-0.1, -0.05) is 72.8 Å². The number of rotatable bonds is 12. The standard InChI is InChI=1S/C33H36N2O5/c1-24(19-25-13-17-29(36)18-14-25)35(21-26-9-5-3-6-10-26)22-32(37)27-15-16-28(31(20-27)34-33(38)39-2)23-40-30-11-7-4-8-12-30/h3-18,20,24,32,36-37H,19,21-23H2,1-2H3,(H,34,38)/t24-,32-/m1/s1. The van der Waals surface area contributed by atoms with Gasteiger partial charge in [-0.15, -0.1) is 0 Å². The molecule has 4 aromatic rings. The van der Waals surface area contributed by atoms with E-state index >= 15 is 0 Å². The number of aliphatic hydroxyl groups is 1. The maximum Gasteiger partial charge on any atom is 0.411 e. The Labute approximate surface area is 235 Å². The second-order valence-corrected chi connectivity index (χ2v) is 9.79. The third-order valence-corrected chi connectivity index (χ3v) is 6.81. The van der Waals surface area contributed by atoms with Crippen molar-refractivity contribution in [2.75, 3.05) is 19.0 Å². The van der Waals surface area contributed by atoms with Crippen molar-refractivity contribution >= 4 is 11.8 Å². The SMILES string of the molecule is COC(=O)Nc1cc([C@H](O)CN(Cc2ccccc2)[C@H](C)Cc2ccc(O)cc2)ccc1COc1ccccc1. The summed E-state index contributed by atoms with van der Waals surface area (Å²) in [6.07, 6.45) is -0.654. The summed E-state index contributed by atoms with van der Waals surface area (Å²) in [5.41, 5.74) is 4.20. The van der Waals surface area contributed by atoms with Crippen LogP contribution in [0, 0.1) is 0 Å². The van der Waals surface area contributed by atoms with Crippen LogP contribution < -0.4 is 10.1 Å². The number of carbonyl (C=O) groups is 1. The number of amides is 1. The summed E-state index contributed by atoms with van der Waals surface area (Å²) in [4.78, 5) is 14.3. The quantitative estimate of drug-likeness (QED) is 0.195. The number of nitrogens with zero attached hydrogens (tertiary/aromatic N) is 1. The van der Waals surface area contributed by atoms with Crippen molar-refractivity contribution in [3.63, 3.8) is 0 Å². The van der Waals surface area contributed by atoms with Crippen LogP contribution in [0.1, 0.15) is 35.3 Å². The molecule has 0 saturated heterocycles. The lowest BCUT2D eigenvalue weighted by molar-refractivity contribution is 0.0859.